The van der Waals surface area contributed by atoms with Gasteiger partial charge in [-0.1, -0.05) is 0 Å². The van der Waals surface area contributed by atoms with Crippen LogP contribution in [0.2, 0.25) is 0 Å². The molecule has 0 aromatic heterocycles. The molecule has 0 bridgehead atoms. The Morgan fingerprint density at radius 2 is 2.43 bits per heavy atom. The van der Waals surface area contributed by atoms with Crippen LogP contribution in [-0.2, 0) is 9.09 Å². The van der Waals surface area contributed by atoms with Crippen molar-refractivity contribution in [3.8, 4) is 0 Å². The van der Waals surface area contributed by atoms with Gasteiger partial charge in [-0.05, 0) is 6.42 Å². The third-order valence-corrected chi connectivity index (χ3v) is 2.93. The molecule has 1 aliphatic heterocycles. The van der Waals surface area contributed by atoms with Gasteiger partial charge in [0.25, 0.3) is 0 Å². The molecule has 1 unspecified atom stereocenters. The molecule has 1 heterocycles. The highest BCUT2D eigenvalue weighted by Crippen LogP contribution is 2.47. The van der Waals surface area contributed by atoms with Gasteiger partial charge in [-0.25, -0.2) is 0 Å². The highest BCUT2D eigenvalue weighted by Gasteiger charge is 2.20. The summed E-state index contributed by atoms with van der Waals surface area (Å²) in [6.07, 6.45) is 1.76. The third-order valence-electron chi connectivity index (χ3n) is 1.07. The molecule has 7 heavy (non-hydrogen) atoms. The van der Waals surface area contributed by atoms with Crippen molar-refractivity contribution in [2.75, 3.05) is 19.4 Å². The minimum atomic E-state index is -2.04. The summed E-state index contributed by atoms with van der Waals surface area (Å²) in [6, 6.07) is 0. The molecule has 1 atom stereocenters. The molecule has 0 spiro atoms. The second-order valence-corrected chi connectivity index (χ2v) is 4.66. The Labute approximate surface area is 43.3 Å². The van der Waals surface area contributed by atoms with Crippen LogP contribution in [-0.4, -0.2) is 19.4 Å². The molecule has 1 rings (SSSR count). The van der Waals surface area contributed by atoms with E-state index in [1.165, 1.54) is 0 Å². The molecule has 1 aliphatic rings. The van der Waals surface area contributed by atoms with Gasteiger partial charge in [-0.3, -0.25) is 4.57 Å². The van der Waals surface area contributed by atoms with Crippen molar-refractivity contribution in [2.45, 2.75) is 6.42 Å². The van der Waals surface area contributed by atoms with Crippen molar-refractivity contribution in [3.63, 3.8) is 0 Å². The molecule has 1 fully saturated rings. The van der Waals surface area contributed by atoms with Gasteiger partial charge in [-0.2, -0.15) is 0 Å². The standard InChI is InChI=1S/C4H9O2P/c1-7(5)4-2-3-6-7/h2-4H2,1H3. The summed E-state index contributed by atoms with van der Waals surface area (Å²) in [5.74, 6) is 0. The highest BCUT2D eigenvalue weighted by atomic mass is 31.2. The summed E-state index contributed by atoms with van der Waals surface area (Å²) in [7, 11) is -2.04. The Morgan fingerprint density at radius 3 is 2.57 bits per heavy atom. The van der Waals surface area contributed by atoms with Crippen molar-refractivity contribution in [2.24, 2.45) is 0 Å². The smallest absolute Gasteiger partial charge is 0.200 e. The molecule has 0 aromatic rings. The summed E-state index contributed by atoms with van der Waals surface area (Å²) in [5, 5.41) is 0. The molecular formula is C4H9O2P. The summed E-state index contributed by atoms with van der Waals surface area (Å²) in [5.41, 5.74) is 0. The number of hydrogen-bond donors (Lipinski definition) is 0. The van der Waals surface area contributed by atoms with Gasteiger partial charge in [0.1, 0.15) is 0 Å². The first-order valence-corrected chi connectivity index (χ1v) is 4.67. The summed E-state index contributed by atoms with van der Waals surface area (Å²) in [4.78, 5) is 0. The van der Waals surface area contributed by atoms with E-state index < -0.39 is 7.37 Å². The van der Waals surface area contributed by atoms with E-state index in [1.54, 1.807) is 6.66 Å². The molecule has 3 heteroatoms. The second-order valence-electron chi connectivity index (χ2n) is 1.92. The summed E-state index contributed by atoms with van der Waals surface area (Å²) in [6.45, 7) is 2.40. The molecule has 42 valence electrons. The van der Waals surface area contributed by atoms with E-state index in [-0.39, 0.29) is 0 Å². The molecule has 0 aliphatic carbocycles. The molecule has 0 N–H and O–H groups in total. The van der Waals surface area contributed by atoms with Gasteiger partial charge in [-0.15, -0.1) is 0 Å². The van der Waals surface area contributed by atoms with Gasteiger partial charge in [0.15, 0.2) is 7.37 Å². The topological polar surface area (TPSA) is 26.3 Å². The Balaban J connectivity index is 2.57. The normalized spacial score (nSPS) is 41.9. The largest absolute Gasteiger partial charge is 0.329 e. The molecule has 0 aromatic carbocycles. The molecule has 1 saturated heterocycles. The second kappa shape index (κ2) is 1.61. The summed E-state index contributed by atoms with van der Waals surface area (Å²) >= 11 is 0. The van der Waals surface area contributed by atoms with Crippen LogP contribution in [0.4, 0.5) is 0 Å². The van der Waals surface area contributed by atoms with Crippen molar-refractivity contribution >= 4 is 7.37 Å². The first-order chi connectivity index (χ1) is 3.21. The zero-order valence-electron chi connectivity index (χ0n) is 4.39. The van der Waals surface area contributed by atoms with E-state index in [0.29, 0.717) is 6.61 Å². The predicted molar refractivity (Wildman–Crippen MR) is 29.0 cm³/mol. The van der Waals surface area contributed by atoms with Crippen LogP contribution in [0.5, 0.6) is 0 Å². The van der Waals surface area contributed by atoms with E-state index in [9.17, 15) is 4.57 Å². The maximum atomic E-state index is 10.8. The van der Waals surface area contributed by atoms with Crippen LogP contribution in [0.3, 0.4) is 0 Å². The molecule has 2 nitrogen and oxygen atoms in total. The van der Waals surface area contributed by atoms with E-state index in [2.05, 4.69) is 0 Å². The Bertz CT molecular complexity index is 100. The van der Waals surface area contributed by atoms with Crippen LogP contribution >= 0.6 is 7.37 Å². The first kappa shape index (κ1) is 5.33. The zero-order chi connectivity index (χ0) is 5.33. The fourth-order valence-corrected chi connectivity index (χ4v) is 2.02. The van der Waals surface area contributed by atoms with Gasteiger partial charge in [0.2, 0.25) is 0 Å². The molecule has 0 amide bonds. The maximum Gasteiger partial charge on any atom is 0.200 e. The fraction of sp³-hybridized carbons (Fsp3) is 1.00. The van der Waals surface area contributed by atoms with Gasteiger partial charge < -0.3 is 4.52 Å². The average Bonchev–Trinajstić information content (AvgIpc) is 1.84. The minimum Gasteiger partial charge on any atom is -0.329 e. The van der Waals surface area contributed by atoms with Gasteiger partial charge in [0, 0.05) is 12.8 Å². The predicted octanol–water partition coefficient (Wildman–Crippen LogP) is 1.31. The van der Waals surface area contributed by atoms with Crippen molar-refractivity contribution < 1.29 is 9.09 Å². The van der Waals surface area contributed by atoms with Crippen LogP contribution in [0.1, 0.15) is 6.42 Å². The van der Waals surface area contributed by atoms with Crippen LogP contribution in [0.25, 0.3) is 0 Å². The highest BCUT2D eigenvalue weighted by molar-refractivity contribution is 7.58. The molecular weight excluding hydrogens is 111 g/mol. The van der Waals surface area contributed by atoms with E-state index in [1.807, 2.05) is 0 Å². The summed E-state index contributed by atoms with van der Waals surface area (Å²) < 4.78 is 15.7. The average molecular weight is 120 g/mol. The van der Waals surface area contributed by atoms with Crippen molar-refractivity contribution in [3.05, 3.63) is 0 Å². The maximum absolute atomic E-state index is 10.8. The lowest BCUT2D eigenvalue weighted by Crippen LogP contribution is -1.74. The number of rotatable bonds is 0. The van der Waals surface area contributed by atoms with E-state index >= 15 is 0 Å². The molecule has 0 radical (unpaired) electrons. The SMILES string of the molecule is CP1(=O)CCCO1. The zero-order valence-corrected chi connectivity index (χ0v) is 5.28. The Hall–Kier alpha value is 0.190. The minimum absolute atomic E-state index is 0.702. The lowest BCUT2D eigenvalue weighted by molar-refractivity contribution is 0.354. The fourth-order valence-electron chi connectivity index (χ4n) is 0.674. The van der Waals surface area contributed by atoms with Crippen LogP contribution < -0.4 is 0 Å². The van der Waals surface area contributed by atoms with Crippen molar-refractivity contribution in [1.82, 2.24) is 0 Å². The van der Waals surface area contributed by atoms with E-state index in [4.69, 9.17) is 4.52 Å². The van der Waals surface area contributed by atoms with Crippen molar-refractivity contribution in [1.29, 1.82) is 0 Å². The van der Waals surface area contributed by atoms with Crippen LogP contribution in [0, 0.1) is 0 Å². The first-order valence-electron chi connectivity index (χ1n) is 2.42. The Morgan fingerprint density at radius 1 is 1.71 bits per heavy atom. The Kier molecular flexibility index (Phi) is 1.22. The van der Waals surface area contributed by atoms with Gasteiger partial charge >= 0.3 is 0 Å². The van der Waals surface area contributed by atoms with Crippen LogP contribution in [0.15, 0.2) is 0 Å². The lowest BCUT2D eigenvalue weighted by Gasteiger charge is -1.97. The van der Waals surface area contributed by atoms with Gasteiger partial charge in [0.05, 0.1) is 6.61 Å². The van der Waals surface area contributed by atoms with E-state index in [0.717, 1.165) is 12.6 Å². The number of hydrogen-bond acceptors (Lipinski definition) is 2. The quantitative estimate of drug-likeness (QED) is 0.450. The lowest BCUT2D eigenvalue weighted by atomic mass is 10.5. The molecule has 0 saturated carbocycles. The third kappa shape index (κ3) is 1.29. The monoisotopic (exact) mass is 120 g/mol.